The van der Waals surface area contributed by atoms with Crippen LogP contribution >= 0.6 is 12.4 Å². The van der Waals surface area contributed by atoms with E-state index in [0.29, 0.717) is 12.2 Å². The minimum absolute atomic E-state index is 0. The van der Waals surface area contributed by atoms with Gasteiger partial charge >= 0.3 is 0 Å². The van der Waals surface area contributed by atoms with E-state index < -0.39 is 0 Å². The van der Waals surface area contributed by atoms with Gasteiger partial charge in [-0.2, -0.15) is 0 Å². The van der Waals surface area contributed by atoms with Crippen molar-refractivity contribution in [1.82, 2.24) is 10.2 Å². The molecule has 0 saturated carbocycles. The minimum atomic E-state index is -0.184. The van der Waals surface area contributed by atoms with Gasteiger partial charge in [0.05, 0.1) is 6.04 Å². The summed E-state index contributed by atoms with van der Waals surface area (Å²) in [6.07, 6.45) is 0.991. The van der Waals surface area contributed by atoms with Gasteiger partial charge in [-0.05, 0) is 19.4 Å². The van der Waals surface area contributed by atoms with Crippen molar-refractivity contribution < 1.29 is 14.3 Å². The number of ether oxygens (including phenoxy) is 1. The summed E-state index contributed by atoms with van der Waals surface area (Å²) >= 11 is 0. The molecule has 3 N–H and O–H groups in total. The van der Waals surface area contributed by atoms with Crippen LogP contribution in [0.1, 0.15) is 38.3 Å². The maximum Gasteiger partial charge on any atom is 0.259 e. The van der Waals surface area contributed by atoms with E-state index in [4.69, 9.17) is 10.5 Å². The number of nitrogens with one attached hydrogen (secondary N) is 1. The molecular formula is C17H28ClN3O3. The fourth-order valence-corrected chi connectivity index (χ4v) is 2.11. The molecular weight excluding hydrogens is 330 g/mol. The predicted molar refractivity (Wildman–Crippen MR) is 97.3 cm³/mol. The van der Waals surface area contributed by atoms with Gasteiger partial charge in [-0.3, -0.25) is 9.59 Å². The second kappa shape index (κ2) is 10.9. The van der Waals surface area contributed by atoms with Crippen molar-refractivity contribution in [2.75, 3.05) is 20.7 Å². The Morgan fingerprint density at radius 1 is 1.29 bits per heavy atom. The number of likely N-dealkylation sites (N-methyl/N-ethyl adjacent to an activating group) is 1. The monoisotopic (exact) mass is 357 g/mol. The highest BCUT2D eigenvalue weighted by Gasteiger charge is 2.18. The number of benzene rings is 1. The SMILES string of the molecule is CCC(NC(=O)CC(C)N)c1ccccc1OCC(=O)N(C)C.Cl. The first-order valence-electron chi connectivity index (χ1n) is 7.82. The maximum absolute atomic E-state index is 12.0. The summed E-state index contributed by atoms with van der Waals surface area (Å²) in [5.41, 5.74) is 6.52. The molecule has 0 aliphatic rings. The van der Waals surface area contributed by atoms with E-state index in [1.807, 2.05) is 25.1 Å². The van der Waals surface area contributed by atoms with Crippen molar-refractivity contribution in [2.24, 2.45) is 5.73 Å². The van der Waals surface area contributed by atoms with Gasteiger partial charge < -0.3 is 20.7 Å². The number of carbonyl (C=O) groups excluding carboxylic acids is 2. The quantitative estimate of drug-likeness (QED) is 0.744. The van der Waals surface area contributed by atoms with Crippen LogP contribution in [-0.2, 0) is 9.59 Å². The highest BCUT2D eigenvalue weighted by atomic mass is 35.5. The third kappa shape index (κ3) is 7.19. The highest BCUT2D eigenvalue weighted by Crippen LogP contribution is 2.27. The van der Waals surface area contributed by atoms with Gasteiger partial charge in [0, 0.05) is 32.1 Å². The zero-order valence-electron chi connectivity index (χ0n) is 14.7. The summed E-state index contributed by atoms with van der Waals surface area (Å²) in [7, 11) is 3.36. The zero-order chi connectivity index (χ0) is 17.4. The molecule has 2 unspecified atom stereocenters. The molecule has 0 aliphatic carbocycles. The van der Waals surface area contributed by atoms with Crippen molar-refractivity contribution in [1.29, 1.82) is 0 Å². The third-order valence-corrected chi connectivity index (χ3v) is 3.40. The fraction of sp³-hybridized carbons (Fsp3) is 0.529. The van der Waals surface area contributed by atoms with E-state index in [0.717, 1.165) is 5.56 Å². The molecule has 1 rings (SSSR count). The van der Waals surface area contributed by atoms with E-state index in [1.165, 1.54) is 4.90 Å². The van der Waals surface area contributed by atoms with Crippen LogP contribution in [0, 0.1) is 0 Å². The van der Waals surface area contributed by atoms with Crippen molar-refractivity contribution >= 4 is 24.2 Å². The highest BCUT2D eigenvalue weighted by molar-refractivity contribution is 5.85. The largest absolute Gasteiger partial charge is 0.483 e. The zero-order valence-corrected chi connectivity index (χ0v) is 15.6. The molecule has 136 valence electrons. The Labute approximate surface area is 150 Å². The van der Waals surface area contributed by atoms with Crippen LogP contribution in [0.4, 0.5) is 0 Å². The molecule has 0 aromatic heterocycles. The number of nitrogens with zero attached hydrogens (tertiary/aromatic N) is 1. The van der Waals surface area contributed by atoms with Crippen molar-refractivity contribution in [2.45, 2.75) is 38.8 Å². The number of amides is 2. The number of hydrogen-bond acceptors (Lipinski definition) is 4. The molecule has 0 fully saturated rings. The second-order valence-corrected chi connectivity index (χ2v) is 5.82. The number of rotatable bonds is 8. The van der Waals surface area contributed by atoms with Gasteiger partial charge in [0.25, 0.3) is 5.91 Å². The summed E-state index contributed by atoms with van der Waals surface area (Å²) in [5, 5.41) is 2.97. The summed E-state index contributed by atoms with van der Waals surface area (Å²) in [6.45, 7) is 3.75. The summed E-state index contributed by atoms with van der Waals surface area (Å²) in [6, 6.07) is 7.07. The molecule has 0 saturated heterocycles. The van der Waals surface area contributed by atoms with Crippen LogP contribution in [-0.4, -0.2) is 43.5 Å². The number of nitrogens with two attached hydrogens (primary N) is 1. The van der Waals surface area contributed by atoms with Gasteiger partial charge in [0.15, 0.2) is 6.61 Å². The van der Waals surface area contributed by atoms with Crippen LogP contribution in [0.2, 0.25) is 0 Å². The van der Waals surface area contributed by atoms with Gasteiger partial charge in [0.1, 0.15) is 5.75 Å². The topological polar surface area (TPSA) is 84.7 Å². The van der Waals surface area contributed by atoms with Gasteiger partial charge in [-0.15, -0.1) is 12.4 Å². The summed E-state index contributed by atoms with van der Waals surface area (Å²) in [4.78, 5) is 25.1. The van der Waals surface area contributed by atoms with E-state index >= 15 is 0 Å². The first-order chi connectivity index (χ1) is 10.8. The maximum atomic E-state index is 12.0. The number of halogens is 1. The van der Waals surface area contributed by atoms with E-state index in [9.17, 15) is 9.59 Å². The third-order valence-electron chi connectivity index (χ3n) is 3.40. The van der Waals surface area contributed by atoms with E-state index in [1.54, 1.807) is 27.1 Å². The number of hydrogen-bond donors (Lipinski definition) is 2. The molecule has 2 amide bonds. The lowest BCUT2D eigenvalue weighted by molar-refractivity contribution is -0.130. The molecule has 6 nitrogen and oxygen atoms in total. The molecule has 0 spiro atoms. The van der Waals surface area contributed by atoms with Crippen molar-refractivity contribution in [3.8, 4) is 5.75 Å². The van der Waals surface area contributed by atoms with Crippen LogP contribution < -0.4 is 15.8 Å². The first kappa shape index (κ1) is 22.2. The molecule has 0 bridgehead atoms. The van der Waals surface area contributed by atoms with Crippen LogP contribution in [0.15, 0.2) is 24.3 Å². The standard InChI is InChI=1S/C17H27N3O3.ClH/c1-5-14(19-16(21)10-12(2)18)13-8-6-7-9-15(13)23-11-17(22)20(3)4;/h6-9,12,14H,5,10-11,18H2,1-4H3,(H,19,21);1H. The molecule has 24 heavy (non-hydrogen) atoms. The minimum Gasteiger partial charge on any atom is -0.483 e. The number of para-hydroxylation sites is 1. The first-order valence-corrected chi connectivity index (χ1v) is 7.82. The summed E-state index contributed by atoms with van der Waals surface area (Å²) < 4.78 is 5.64. The Hall–Kier alpha value is -1.79. The molecule has 7 heteroatoms. The van der Waals surface area contributed by atoms with Gasteiger partial charge in [-0.1, -0.05) is 25.1 Å². The Bertz CT molecular complexity index is 536. The van der Waals surface area contributed by atoms with Crippen LogP contribution in [0.25, 0.3) is 0 Å². The Morgan fingerprint density at radius 2 is 1.92 bits per heavy atom. The average Bonchev–Trinajstić information content (AvgIpc) is 2.49. The normalized spacial score (nSPS) is 12.5. The van der Waals surface area contributed by atoms with Crippen LogP contribution in [0.5, 0.6) is 5.75 Å². The Morgan fingerprint density at radius 3 is 2.46 bits per heavy atom. The molecule has 1 aromatic rings. The summed E-state index contributed by atoms with van der Waals surface area (Å²) in [5.74, 6) is 0.399. The van der Waals surface area contributed by atoms with Crippen molar-refractivity contribution in [3.63, 3.8) is 0 Å². The lowest BCUT2D eigenvalue weighted by Crippen LogP contribution is -2.33. The molecule has 0 heterocycles. The smallest absolute Gasteiger partial charge is 0.259 e. The Kier molecular flexibility index (Phi) is 10.1. The van der Waals surface area contributed by atoms with E-state index in [2.05, 4.69) is 5.32 Å². The fourth-order valence-electron chi connectivity index (χ4n) is 2.11. The molecule has 0 radical (unpaired) electrons. The Balaban J connectivity index is 0.00000529. The second-order valence-electron chi connectivity index (χ2n) is 5.82. The lowest BCUT2D eigenvalue weighted by atomic mass is 10.0. The molecule has 2 atom stereocenters. The van der Waals surface area contributed by atoms with Gasteiger partial charge in [0.2, 0.25) is 5.91 Å². The lowest BCUT2D eigenvalue weighted by Gasteiger charge is -2.21. The van der Waals surface area contributed by atoms with Gasteiger partial charge in [-0.25, -0.2) is 0 Å². The van der Waals surface area contributed by atoms with Crippen LogP contribution in [0.3, 0.4) is 0 Å². The number of carbonyl (C=O) groups is 2. The van der Waals surface area contributed by atoms with E-state index in [-0.39, 0.29) is 49.3 Å². The molecule has 0 aliphatic heterocycles. The van der Waals surface area contributed by atoms with Crippen molar-refractivity contribution in [3.05, 3.63) is 29.8 Å². The predicted octanol–water partition coefficient (Wildman–Crippen LogP) is 1.88. The average molecular weight is 358 g/mol. The molecule has 1 aromatic carbocycles.